The molecule has 1 aromatic rings. The van der Waals surface area contributed by atoms with E-state index in [0.29, 0.717) is 11.6 Å². The Labute approximate surface area is 114 Å². The Balaban J connectivity index is 1.59. The van der Waals surface area contributed by atoms with Gasteiger partial charge in [-0.05, 0) is 19.8 Å². The molecule has 0 radical (unpaired) electrons. The largest absolute Gasteiger partial charge is 0.308 e. The molecule has 3 rings (SSSR count). The van der Waals surface area contributed by atoms with Crippen LogP contribution in [0.1, 0.15) is 38.3 Å². The lowest BCUT2D eigenvalue weighted by Gasteiger charge is -2.45. The summed E-state index contributed by atoms with van der Waals surface area (Å²) in [6.07, 6.45) is 6.65. The molecule has 0 aromatic carbocycles. The van der Waals surface area contributed by atoms with Crippen molar-refractivity contribution in [3.63, 3.8) is 0 Å². The lowest BCUT2D eigenvalue weighted by atomic mass is 9.92. The van der Waals surface area contributed by atoms with Crippen LogP contribution in [0, 0.1) is 0 Å². The smallest absolute Gasteiger partial charge is 0.0794 e. The first kappa shape index (κ1) is 12.6. The summed E-state index contributed by atoms with van der Waals surface area (Å²) in [6.45, 7) is 5.89. The Kier molecular flexibility index (Phi) is 3.68. The maximum Gasteiger partial charge on any atom is 0.0794 e. The predicted octanol–water partition coefficient (Wildman–Crippen LogP) is 2.29. The van der Waals surface area contributed by atoms with Crippen LogP contribution >= 0.6 is 11.3 Å². The highest BCUT2D eigenvalue weighted by Crippen LogP contribution is 2.33. The highest BCUT2D eigenvalue weighted by molar-refractivity contribution is 7.07. The van der Waals surface area contributed by atoms with Crippen molar-refractivity contribution in [3.8, 4) is 0 Å². The van der Waals surface area contributed by atoms with Gasteiger partial charge < -0.3 is 5.32 Å². The summed E-state index contributed by atoms with van der Waals surface area (Å²) >= 11 is 1.70. The molecule has 1 atom stereocenters. The van der Waals surface area contributed by atoms with Gasteiger partial charge in [0.25, 0.3) is 0 Å². The SMILES string of the molecule is CC1CNC2(CCCC2)CN1CCc1cscn1. The van der Waals surface area contributed by atoms with E-state index in [0.717, 1.165) is 19.5 Å². The summed E-state index contributed by atoms with van der Waals surface area (Å²) in [5.41, 5.74) is 3.63. The van der Waals surface area contributed by atoms with Crippen LogP contribution in [0.3, 0.4) is 0 Å². The molecule has 1 unspecified atom stereocenters. The van der Waals surface area contributed by atoms with Gasteiger partial charge in [-0.1, -0.05) is 12.8 Å². The van der Waals surface area contributed by atoms with Crippen LogP contribution in [0.5, 0.6) is 0 Å². The Morgan fingerprint density at radius 2 is 2.33 bits per heavy atom. The van der Waals surface area contributed by atoms with Gasteiger partial charge in [0.05, 0.1) is 11.2 Å². The topological polar surface area (TPSA) is 28.2 Å². The van der Waals surface area contributed by atoms with Gasteiger partial charge in [-0.2, -0.15) is 0 Å². The Hall–Kier alpha value is -0.450. The average Bonchev–Trinajstić information content (AvgIpc) is 3.03. The number of thiazole rings is 1. The lowest BCUT2D eigenvalue weighted by Crippen LogP contribution is -2.62. The molecule has 1 aromatic heterocycles. The van der Waals surface area contributed by atoms with Gasteiger partial charge in [0.2, 0.25) is 0 Å². The molecule has 1 saturated heterocycles. The minimum Gasteiger partial charge on any atom is -0.308 e. The number of nitrogens with one attached hydrogen (secondary N) is 1. The second-order valence-corrected chi connectivity index (χ2v) is 6.64. The molecule has 3 nitrogen and oxygen atoms in total. The number of hydrogen-bond acceptors (Lipinski definition) is 4. The van der Waals surface area contributed by atoms with Gasteiger partial charge in [0.1, 0.15) is 0 Å². The standard InChI is InChI=1S/C14H23N3S/c1-12-8-16-14(5-2-3-6-14)10-17(12)7-4-13-9-18-11-15-13/h9,11-12,16H,2-8,10H2,1H3. The molecule has 100 valence electrons. The Morgan fingerprint density at radius 1 is 1.50 bits per heavy atom. The van der Waals surface area contributed by atoms with Crippen LogP contribution in [-0.4, -0.2) is 41.1 Å². The van der Waals surface area contributed by atoms with E-state index in [-0.39, 0.29) is 0 Å². The number of nitrogens with zero attached hydrogens (tertiary/aromatic N) is 2. The fourth-order valence-electron chi connectivity index (χ4n) is 3.40. The van der Waals surface area contributed by atoms with Gasteiger partial charge in [0, 0.05) is 43.0 Å². The number of hydrogen-bond donors (Lipinski definition) is 1. The van der Waals surface area contributed by atoms with E-state index in [4.69, 9.17) is 0 Å². The summed E-state index contributed by atoms with van der Waals surface area (Å²) < 4.78 is 0. The van der Waals surface area contributed by atoms with Gasteiger partial charge in [-0.15, -0.1) is 11.3 Å². The number of aromatic nitrogens is 1. The maximum absolute atomic E-state index is 4.39. The van der Waals surface area contributed by atoms with Crippen molar-refractivity contribution < 1.29 is 0 Å². The zero-order valence-electron chi connectivity index (χ0n) is 11.2. The third kappa shape index (κ3) is 2.60. The van der Waals surface area contributed by atoms with E-state index in [2.05, 4.69) is 27.5 Å². The quantitative estimate of drug-likeness (QED) is 0.909. The zero-order valence-corrected chi connectivity index (χ0v) is 12.0. The molecule has 1 spiro atoms. The molecule has 4 heteroatoms. The summed E-state index contributed by atoms with van der Waals surface area (Å²) in [7, 11) is 0. The highest BCUT2D eigenvalue weighted by atomic mass is 32.1. The molecule has 2 fully saturated rings. The summed E-state index contributed by atoms with van der Waals surface area (Å²) in [4.78, 5) is 7.06. The van der Waals surface area contributed by atoms with Crippen LogP contribution in [-0.2, 0) is 6.42 Å². The fraction of sp³-hybridized carbons (Fsp3) is 0.786. The third-order valence-electron chi connectivity index (χ3n) is 4.60. The van der Waals surface area contributed by atoms with Crippen molar-refractivity contribution in [2.24, 2.45) is 0 Å². The zero-order chi connectivity index (χ0) is 12.4. The molecule has 2 aliphatic rings. The van der Waals surface area contributed by atoms with Crippen molar-refractivity contribution in [2.45, 2.75) is 50.6 Å². The maximum atomic E-state index is 4.39. The highest BCUT2D eigenvalue weighted by Gasteiger charge is 2.39. The second-order valence-electron chi connectivity index (χ2n) is 5.92. The van der Waals surface area contributed by atoms with Gasteiger partial charge in [0.15, 0.2) is 0 Å². The fourth-order valence-corrected chi connectivity index (χ4v) is 3.99. The molecule has 0 amide bonds. The summed E-state index contributed by atoms with van der Waals surface area (Å²) in [6, 6.07) is 0.662. The average molecular weight is 265 g/mol. The summed E-state index contributed by atoms with van der Waals surface area (Å²) in [5, 5.41) is 5.99. The van der Waals surface area contributed by atoms with E-state index in [1.165, 1.54) is 37.9 Å². The Bertz CT molecular complexity index is 370. The van der Waals surface area contributed by atoms with Crippen molar-refractivity contribution in [2.75, 3.05) is 19.6 Å². The number of rotatable bonds is 3. The molecule has 2 heterocycles. The minimum atomic E-state index is 0.439. The molecule has 18 heavy (non-hydrogen) atoms. The van der Waals surface area contributed by atoms with Crippen LogP contribution in [0.15, 0.2) is 10.9 Å². The predicted molar refractivity (Wildman–Crippen MR) is 76.1 cm³/mol. The molecule has 1 aliphatic carbocycles. The van der Waals surface area contributed by atoms with E-state index < -0.39 is 0 Å². The second kappa shape index (κ2) is 5.27. The van der Waals surface area contributed by atoms with E-state index in [1.807, 2.05) is 5.51 Å². The van der Waals surface area contributed by atoms with E-state index in [9.17, 15) is 0 Å². The molecular weight excluding hydrogens is 242 g/mol. The first-order valence-corrected chi connectivity index (χ1v) is 8.08. The molecule has 0 bridgehead atoms. The van der Waals surface area contributed by atoms with Crippen molar-refractivity contribution in [1.29, 1.82) is 0 Å². The lowest BCUT2D eigenvalue weighted by molar-refractivity contribution is 0.0901. The third-order valence-corrected chi connectivity index (χ3v) is 5.24. The van der Waals surface area contributed by atoms with Crippen molar-refractivity contribution in [3.05, 3.63) is 16.6 Å². The van der Waals surface area contributed by atoms with Crippen LogP contribution in [0.4, 0.5) is 0 Å². The normalized spacial score (nSPS) is 27.9. The van der Waals surface area contributed by atoms with Gasteiger partial charge >= 0.3 is 0 Å². The molecule has 1 N–H and O–H groups in total. The minimum absolute atomic E-state index is 0.439. The molecule has 1 aliphatic heterocycles. The molecule has 1 saturated carbocycles. The summed E-state index contributed by atoms with van der Waals surface area (Å²) in [5.74, 6) is 0. The van der Waals surface area contributed by atoms with Crippen molar-refractivity contribution >= 4 is 11.3 Å². The first-order valence-electron chi connectivity index (χ1n) is 7.14. The van der Waals surface area contributed by atoms with Gasteiger partial charge in [-0.25, -0.2) is 4.98 Å². The molecular formula is C14H23N3S. The van der Waals surface area contributed by atoms with Crippen LogP contribution in [0.25, 0.3) is 0 Å². The van der Waals surface area contributed by atoms with Crippen molar-refractivity contribution in [1.82, 2.24) is 15.2 Å². The first-order chi connectivity index (χ1) is 8.77. The van der Waals surface area contributed by atoms with E-state index in [1.54, 1.807) is 11.3 Å². The van der Waals surface area contributed by atoms with E-state index >= 15 is 0 Å². The Morgan fingerprint density at radius 3 is 3.06 bits per heavy atom. The van der Waals surface area contributed by atoms with Crippen LogP contribution < -0.4 is 5.32 Å². The number of piperazine rings is 1. The van der Waals surface area contributed by atoms with Gasteiger partial charge in [-0.3, -0.25) is 4.90 Å². The van der Waals surface area contributed by atoms with Crippen LogP contribution in [0.2, 0.25) is 0 Å². The monoisotopic (exact) mass is 265 g/mol.